The summed E-state index contributed by atoms with van der Waals surface area (Å²) in [5.74, 6) is 3.90. The van der Waals surface area contributed by atoms with Crippen molar-refractivity contribution in [1.29, 1.82) is 0 Å². The number of ether oxygens (including phenoxy) is 1. The van der Waals surface area contributed by atoms with Gasteiger partial charge in [-0.2, -0.15) is 0 Å². The van der Waals surface area contributed by atoms with Crippen LogP contribution >= 0.6 is 0 Å². The van der Waals surface area contributed by atoms with Crippen LogP contribution in [-0.4, -0.2) is 12.7 Å². The zero-order chi connectivity index (χ0) is 18.6. The lowest BCUT2D eigenvalue weighted by molar-refractivity contribution is -0.0247. The van der Waals surface area contributed by atoms with E-state index in [1.165, 1.54) is 82.6 Å². The second kappa shape index (κ2) is 9.12. The van der Waals surface area contributed by atoms with Crippen LogP contribution in [0, 0.1) is 23.7 Å². The molecule has 0 aliphatic heterocycles. The first-order valence-corrected chi connectivity index (χ1v) is 12.0. The van der Waals surface area contributed by atoms with Gasteiger partial charge in [-0.15, -0.1) is 0 Å². The molecule has 1 heteroatoms. The summed E-state index contributed by atoms with van der Waals surface area (Å²) in [4.78, 5) is 0. The predicted octanol–water partition coefficient (Wildman–Crippen LogP) is 6.76. The number of hydrogen-bond acceptors (Lipinski definition) is 1. The Hall–Kier alpha value is -0.820. The van der Waals surface area contributed by atoms with E-state index in [9.17, 15) is 0 Å². The van der Waals surface area contributed by atoms with Crippen molar-refractivity contribution in [3.63, 3.8) is 0 Å². The minimum atomic E-state index is 0.573. The molecule has 0 N–H and O–H groups in total. The zero-order valence-corrected chi connectivity index (χ0v) is 17.7. The SMILES string of the molecule is CCCCO[C@@H]1CC[C@@H]2CC(C3CCc4cc(CC)ccc4C3)CCC2C1. The number of hydrogen-bond donors (Lipinski definition) is 0. The average molecular weight is 369 g/mol. The molecule has 150 valence electrons. The van der Waals surface area contributed by atoms with E-state index in [1.54, 1.807) is 11.1 Å². The highest BCUT2D eigenvalue weighted by Crippen LogP contribution is 2.47. The van der Waals surface area contributed by atoms with Gasteiger partial charge in [-0.25, -0.2) is 0 Å². The number of unbranched alkanes of at least 4 members (excludes halogenated alkanes) is 1. The molecule has 0 radical (unpaired) electrons. The van der Waals surface area contributed by atoms with Crippen LogP contribution in [0.15, 0.2) is 18.2 Å². The summed E-state index contributed by atoms with van der Waals surface area (Å²) in [6.07, 6.45) is 16.9. The molecule has 3 aliphatic carbocycles. The highest BCUT2D eigenvalue weighted by atomic mass is 16.5. The van der Waals surface area contributed by atoms with E-state index in [2.05, 4.69) is 32.0 Å². The first-order chi connectivity index (χ1) is 13.3. The van der Waals surface area contributed by atoms with Crippen molar-refractivity contribution in [2.45, 2.75) is 97.0 Å². The Morgan fingerprint density at radius 2 is 1.63 bits per heavy atom. The van der Waals surface area contributed by atoms with E-state index in [0.29, 0.717) is 6.10 Å². The molecule has 1 aromatic rings. The van der Waals surface area contributed by atoms with Gasteiger partial charge < -0.3 is 4.74 Å². The summed E-state index contributed by atoms with van der Waals surface area (Å²) in [6, 6.07) is 7.31. The van der Waals surface area contributed by atoms with Gasteiger partial charge in [0.1, 0.15) is 0 Å². The van der Waals surface area contributed by atoms with E-state index in [1.807, 2.05) is 0 Å². The Balaban J connectivity index is 1.30. The van der Waals surface area contributed by atoms with Crippen LogP contribution in [0.2, 0.25) is 0 Å². The van der Waals surface area contributed by atoms with Gasteiger partial charge in [0.2, 0.25) is 0 Å². The molecule has 0 heterocycles. The molecule has 4 rings (SSSR count). The van der Waals surface area contributed by atoms with Crippen LogP contribution in [0.4, 0.5) is 0 Å². The fourth-order valence-electron chi connectivity index (χ4n) is 6.32. The number of aryl methyl sites for hydroxylation is 2. The van der Waals surface area contributed by atoms with E-state index < -0.39 is 0 Å². The molecule has 5 atom stereocenters. The molecule has 27 heavy (non-hydrogen) atoms. The molecule has 1 aromatic carbocycles. The first-order valence-electron chi connectivity index (χ1n) is 12.0. The molecule has 0 amide bonds. The van der Waals surface area contributed by atoms with Crippen LogP contribution < -0.4 is 0 Å². The Bertz CT molecular complexity index is 606. The molecule has 1 nitrogen and oxygen atoms in total. The first kappa shape index (κ1) is 19.5. The fourth-order valence-corrected chi connectivity index (χ4v) is 6.32. The quantitative estimate of drug-likeness (QED) is 0.504. The van der Waals surface area contributed by atoms with Crippen LogP contribution in [0.25, 0.3) is 0 Å². The topological polar surface area (TPSA) is 9.23 Å². The largest absolute Gasteiger partial charge is 0.378 e. The molecule has 0 saturated heterocycles. The zero-order valence-electron chi connectivity index (χ0n) is 17.7. The Morgan fingerprint density at radius 3 is 2.44 bits per heavy atom. The van der Waals surface area contributed by atoms with Gasteiger partial charge in [-0.1, -0.05) is 38.5 Å². The molecule has 2 saturated carbocycles. The van der Waals surface area contributed by atoms with Crippen molar-refractivity contribution >= 4 is 0 Å². The van der Waals surface area contributed by atoms with Gasteiger partial charge in [-0.05, 0) is 111 Å². The van der Waals surface area contributed by atoms with Crippen molar-refractivity contribution in [2.75, 3.05) is 6.61 Å². The summed E-state index contributed by atoms with van der Waals surface area (Å²) < 4.78 is 6.17. The third-order valence-corrected chi connectivity index (χ3v) is 8.07. The van der Waals surface area contributed by atoms with Gasteiger partial charge in [0.05, 0.1) is 6.10 Å². The third kappa shape index (κ3) is 4.61. The molecular weight excluding hydrogens is 328 g/mol. The summed E-state index contributed by atoms with van der Waals surface area (Å²) in [6.45, 7) is 5.52. The number of rotatable bonds is 6. The summed E-state index contributed by atoms with van der Waals surface area (Å²) >= 11 is 0. The van der Waals surface area contributed by atoms with Gasteiger partial charge in [0, 0.05) is 6.61 Å². The van der Waals surface area contributed by atoms with Gasteiger partial charge >= 0.3 is 0 Å². The minimum Gasteiger partial charge on any atom is -0.378 e. The van der Waals surface area contributed by atoms with E-state index in [4.69, 9.17) is 4.74 Å². The van der Waals surface area contributed by atoms with Crippen molar-refractivity contribution in [2.24, 2.45) is 23.7 Å². The van der Waals surface area contributed by atoms with Crippen LogP contribution in [-0.2, 0) is 24.0 Å². The minimum absolute atomic E-state index is 0.573. The Kier molecular flexibility index (Phi) is 6.58. The Labute approximate surface area is 167 Å². The van der Waals surface area contributed by atoms with Gasteiger partial charge in [-0.3, -0.25) is 0 Å². The lowest BCUT2D eigenvalue weighted by Gasteiger charge is -2.45. The summed E-state index contributed by atoms with van der Waals surface area (Å²) in [7, 11) is 0. The molecule has 0 spiro atoms. The maximum atomic E-state index is 6.17. The maximum absolute atomic E-state index is 6.17. The molecule has 0 bridgehead atoms. The van der Waals surface area contributed by atoms with Crippen LogP contribution in [0.5, 0.6) is 0 Å². The predicted molar refractivity (Wildman–Crippen MR) is 114 cm³/mol. The highest BCUT2D eigenvalue weighted by Gasteiger charge is 2.38. The fraction of sp³-hybridized carbons (Fsp3) is 0.769. The van der Waals surface area contributed by atoms with E-state index in [0.717, 1.165) is 30.3 Å². The standard InChI is InChI=1S/C26H40O/c1-3-5-14-27-26-13-12-24-17-23(10-11-25(24)18-26)22-9-8-20-15-19(4-2)6-7-21(20)16-22/h6-7,15,22-26H,3-5,8-14,16-18H2,1-2H3/t22?,23?,24-,25?,26-/m1/s1. The van der Waals surface area contributed by atoms with Gasteiger partial charge in [0.25, 0.3) is 0 Å². The van der Waals surface area contributed by atoms with E-state index >= 15 is 0 Å². The maximum Gasteiger partial charge on any atom is 0.0578 e. The second-order valence-electron chi connectivity index (χ2n) is 9.71. The smallest absolute Gasteiger partial charge is 0.0578 e. The second-order valence-corrected chi connectivity index (χ2v) is 9.71. The molecule has 3 unspecified atom stereocenters. The van der Waals surface area contributed by atoms with Crippen molar-refractivity contribution in [3.8, 4) is 0 Å². The summed E-state index contributed by atoms with van der Waals surface area (Å²) in [5, 5.41) is 0. The van der Waals surface area contributed by atoms with Gasteiger partial charge in [0.15, 0.2) is 0 Å². The number of benzene rings is 1. The lowest BCUT2D eigenvalue weighted by Crippen LogP contribution is -2.37. The summed E-state index contributed by atoms with van der Waals surface area (Å²) in [5.41, 5.74) is 4.84. The van der Waals surface area contributed by atoms with E-state index in [-0.39, 0.29) is 0 Å². The lowest BCUT2D eigenvalue weighted by atomic mass is 9.62. The molecular formula is C26H40O. The normalized spacial score (nSPS) is 33.3. The molecule has 3 aliphatic rings. The van der Waals surface area contributed by atoms with Crippen LogP contribution in [0.3, 0.4) is 0 Å². The average Bonchev–Trinajstić information content (AvgIpc) is 2.72. The van der Waals surface area contributed by atoms with Crippen LogP contribution in [0.1, 0.15) is 88.3 Å². The van der Waals surface area contributed by atoms with Crippen molar-refractivity contribution in [1.82, 2.24) is 0 Å². The van der Waals surface area contributed by atoms with Crippen molar-refractivity contribution < 1.29 is 4.74 Å². The van der Waals surface area contributed by atoms with Crippen molar-refractivity contribution in [3.05, 3.63) is 34.9 Å². The molecule has 2 fully saturated rings. The number of fused-ring (bicyclic) bond motifs is 2. The third-order valence-electron chi connectivity index (χ3n) is 8.07. The highest BCUT2D eigenvalue weighted by molar-refractivity contribution is 5.34. The molecule has 0 aromatic heterocycles. The Morgan fingerprint density at radius 1 is 0.852 bits per heavy atom. The monoisotopic (exact) mass is 368 g/mol.